The van der Waals surface area contributed by atoms with Crippen LogP contribution in [-0.4, -0.2) is 31.2 Å². The van der Waals surface area contributed by atoms with Gasteiger partial charge in [0.05, 0.1) is 11.8 Å². The Kier molecular flexibility index (Phi) is 5.19. The van der Waals surface area contributed by atoms with Crippen LogP contribution in [0.2, 0.25) is 0 Å². The normalized spacial score (nSPS) is 12.3. The van der Waals surface area contributed by atoms with Gasteiger partial charge in [-0.1, -0.05) is 42.5 Å². The van der Waals surface area contributed by atoms with Gasteiger partial charge in [0.15, 0.2) is 11.7 Å². The van der Waals surface area contributed by atoms with Gasteiger partial charge in [-0.25, -0.2) is 0 Å². The molecule has 0 saturated carbocycles. The van der Waals surface area contributed by atoms with Gasteiger partial charge in [-0.2, -0.15) is 0 Å². The largest absolute Gasteiger partial charge is 0.456 e. The molecule has 0 amide bonds. The molecule has 26 heavy (non-hydrogen) atoms. The third-order valence-electron chi connectivity index (χ3n) is 4.26. The predicted molar refractivity (Wildman–Crippen MR) is 101 cm³/mol. The highest BCUT2D eigenvalue weighted by molar-refractivity contribution is 5.85. The van der Waals surface area contributed by atoms with Crippen molar-refractivity contribution in [3.05, 3.63) is 70.4 Å². The summed E-state index contributed by atoms with van der Waals surface area (Å²) in [6.45, 7) is 1.80. The van der Waals surface area contributed by atoms with Crippen molar-refractivity contribution >= 4 is 16.9 Å². The van der Waals surface area contributed by atoms with Crippen molar-refractivity contribution in [2.45, 2.75) is 19.6 Å². The Morgan fingerprint density at radius 2 is 1.85 bits per heavy atom. The maximum Gasteiger partial charge on any atom is 0.311 e. The average molecular weight is 351 g/mol. The molecule has 5 heteroatoms. The van der Waals surface area contributed by atoms with Crippen LogP contribution < -0.4 is 5.43 Å². The lowest BCUT2D eigenvalue weighted by Gasteiger charge is -2.20. The fraction of sp³-hybridized carbons (Fsp3) is 0.238. The second-order valence-electron chi connectivity index (χ2n) is 6.36. The summed E-state index contributed by atoms with van der Waals surface area (Å²) in [5.74, 6) is 0.108. The van der Waals surface area contributed by atoms with E-state index in [0.717, 1.165) is 5.56 Å². The van der Waals surface area contributed by atoms with Crippen LogP contribution in [0.15, 0.2) is 63.8 Å². The third kappa shape index (κ3) is 3.83. The summed E-state index contributed by atoms with van der Waals surface area (Å²) in [5, 5.41) is 0.454. The zero-order chi connectivity index (χ0) is 18.7. The van der Waals surface area contributed by atoms with E-state index in [1.165, 1.54) is 6.07 Å². The van der Waals surface area contributed by atoms with Crippen molar-refractivity contribution in [2.75, 3.05) is 14.1 Å². The molecule has 0 fully saturated rings. The monoisotopic (exact) mass is 351 g/mol. The summed E-state index contributed by atoms with van der Waals surface area (Å²) < 4.78 is 11.4. The number of hydrogen-bond donors (Lipinski definition) is 0. The van der Waals surface area contributed by atoms with Gasteiger partial charge in [0.1, 0.15) is 11.3 Å². The van der Waals surface area contributed by atoms with Gasteiger partial charge in [-0.05, 0) is 27.1 Å². The Hall–Kier alpha value is -2.92. The molecule has 0 aliphatic heterocycles. The Bertz CT molecular complexity index is 976. The fourth-order valence-electron chi connectivity index (χ4n) is 2.61. The van der Waals surface area contributed by atoms with Gasteiger partial charge in [-0.15, -0.1) is 0 Å². The number of carbonyl (C=O) groups is 1. The molecule has 0 radical (unpaired) electrons. The minimum absolute atomic E-state index is 0.0384. The molecule has 0 aliphatic carbocycles. The third-order valence-corrected chi connectivity index (χ3v) is 4.26. The SMILES string of the molecule is CC(OC(=O)Cc1cccc2c(=O)cc(-c3ccccc3)oc12)N(C)C. The Morgan fingerprint density at radius 3 is 2.54 bits per heavy atom. The topological polar surface area (TPSA) is 59.8 Å². The maximum atomic E-state index is 12.5. The molecule has 1 atom stereocenters. The molecule has 0 spiro atoms. The predicted octanol–water partition coefficient (Wildman–Crippen LogP) is 3.45. The number of esters is 1. The number of hydrogen-bond acceptors (Lipinski definition) is 5. The number of para-hydroxylation sites is 1. The van der Waals surface area contributed by atoms with Crippen LogP contribution >= 0.6 is 0 Å². The number of fused-ring (bicyclic) bond motifs is 1. The number of carbonyl (C=O) groups excluding carboxylic acids is 1. The Balaban J connectivity index is 2.00. The lowest BCUT2D eigenvalue weighted by atomic mass is 10.1. The van der Waals surface area contributed by atoms with E-state index in [0.29, 0.717) is 22.3 Å². The molecule has 3 rings (SSSR count). The van der Waals surface area contributed by atoms with Crippen LogP contribution in [0, 0.1) is 0 Å². The summed E-state index contributed by atoms with van der Waals surface area (Å²) in [6, 6.07) is 16.1. The number of ether oxygens (including phenoxy) is 1. The van der Waals surface area contributed by atoms with E-state index in [4.69, 9.17) is 9.15 Å². The molecule has 0 bridgehead atoms. The van der Waals surface area contributed by atoms with Crippen LogP contribution in [0.25, 0.3) is 22.3 Å². The smallest absolute Gasteiger partial charge is 0.311 e. The van der Waals surface area contributed by atoms with E-state index in [1.54, 1.807) is 30.0 Å². The van der Waals surface area contributed by atoms with E-state index < -0.39 is 0 Å². The van der Waals surface area contributed by atoms with Crippen molar-refractivity contribution in [1.29, 1.82) is 0 Å². The Labute approximate surface area is 151 Å². The molecule has 1 aromatic heterocycles. The Morgan fingerprint density at radius 1 is 1.12 bits per heavy atom. The molecule has 0 saturated heterocycles. The fourth-order valence-corrected chi connectivity index (χ4v) is 2.61. The molecular formula is C21H21NO4. The second-order valence-corrected chi connectivity index (χ2v) is 6.36. The number of rotatable bonds is 5. The molecule has 1 heterocycles. The van der Waals surface area contributed by atoms with Gasteiger partial charge in [0.25, 0.3) is 0 Å². The minimum atomic E-state index is -0.369. The van der Waals surface area contributed by atoms with Crippen molar-refractivity contribution < 1.29 is 13.9 Å². The highest BCUT2D eigenvalue weighted by atomic mass is 16.6. The van der Waals surface area contributed by atoms with Crippen LogP contribution in [0.1, 0.15) is 12.5 Å². The molecule has 3 aromatic rings. The second kappa shape index (κ2) is 7.54. The quantitative estimate of drug-likeness (QED) is 0.520. The van der Waals surface area contributed by atoms with E-state index in [1.807, 2.05) is 44.4 Å². The summed E-state index contributed by atoms with van der Waals surface area (Å²) in [5.41, 5.74) is 1.73. The van der Waals surface area contributed by atoms with Gasteiger partial charge in [0, 0.05) is 17.2 Å². The number of benzene rings is 2. The van der Waals surface area contributed by atoms with Gasteiger partial charge in [0.2, 0.25) is 0 Å². The molecule has 2 aromatic carbocycles. The van der Waals surface area contributed by atoms with E-state index in [-0.39, 0.29) is 24.0 Å². The van der Waals surface area contributed by atoms with Crippen molar-refractivity contribution in [2.24, 2.45) is 0 Å². The first-order valence-corrected chi connectivity index (χ1v) is 8.43. The van der Waals surface area contributed by atoms with Crippen molar-refractivity contribution in [3.63, 3.8) is 0 Å². The van der Waals surface area contributed by atoms with Crippen molar-refractivity contribution in [3.8, 4) is 11.3 Å². The van der Waals surface area contributed by atoms with Gasteiger partial charge >= 0.3 is 5.97 Å². The van der Waals surface area contributed by atoms with E-state index in [9.17, 15) is 9.59 Å². The summed E-state index contributed by atoms with van der Waals surface area (Å²) >= 11 is 0. The molecule has 134 valence electrons. The molecule has 0 N–H and O–H groups in total. The van der Waals surface area contributed by atoms with E-state index >= 15 is 0 Å². The maximum absolute atomic E-state index is 12.5. The summed E-state index contributed by atoms with van der Waals surface area (Å²) in [7, 11) is 3.67. The molecule has 1 unspecified atom stereocenters. The number of nitrogens with zero attached hydrogens (tertiary/aromatic N) is 1. The van der Waals surface area contributed by atoms with Crippen LogP contribution in [0.4, 0.5) is 0 Å². The highest BCUT2D eigenvalue weighted by Crippen LogP contribution is 2.24. The zero-order valence-electron chi connectivity index (χ0n) is 15.1. The van der Waals surface area contributed by atoms with Gasteiger partial charge < -0.3 is 9.15 Å². The average Bonchev–Trinajstić information content (AvgIpc) is 2.62. The zero-order valence-corrected chi connectivity index (χ0v) is 15.1. The van der Waals surface area contributed by atoms with Crippen LogP contribution in [-0.2, 0) is 16.0 Å². The standard InChI is InChI=1S/C21H21NO4/c1-14(22(2)3)25-20(24)12-16-10-7-11-17-18(23)13-19(26-21(16)17)15-8-5-4-6-9-15/h4-11,13-14H,12H2,1-3H3. The molecular weight excluding hydrogens is 330 g/mol. The minimum Gasteiger partial charge on any atom is -0.456 e. The van der Waals surface area contributed by atoms with Crippen LogP contribution in [0.5, 0.6) is 0 Å². The lowest BCUT2D eigenvalue weighted by Crippen LogP contribution is -2.30. The summed E-state index contributed by atoms with van der Waals surface area (Å²) in [6.07, 6.45) is -0.291. The first kappa shape index (κ1) is 17.9. The first-order chi connectivity index (χ1) is 12.5. The lowest BCUT2D eigenvalue weighted by molar-refractivity contribution is -0.154. The first-order valence-electron chi connectivity index (χ1n) is 8.43. The van der Waals surface area contributed by atoms with Gasteiger partial charge in [-0.3, -0.25) is 14.5 Å². The van der Waals surface area contributed by atoms with Crippen molar-refractivity contribution in [1.82, 2.24) is 4.90 Å². The highest BCUT2D eigenvalue weighted by Gasteiger charge is 2.16. The summed E-state index contributed by atoms with van der Waals surface area (Å²) in [4.78, 5) is 26.5. The van der Waals surface area contributed by atoms with Crippen LogP contribution in [0.3, 0.4) is 0 Å². The molecule has 0 aliphatic rings. The van der Waals surface area contributed by atoms with E-state index in [2.05, 4.69) is 0 Å². The molecule has 5 nitrogen and oxygen atoms in total.